The molecule has 0 aliphatic rings. The summed E-state index contributed by atoms with van der Waals surface area (Å²) >= 11 is 5.04. The van der Waals surface area contributed by atoms with Gasteiger partial charge in [-0.05, 0) is 28.9 Å². The largest absolute Gasteiger partial charge is 0.362 e. The monoisotopic (exact) mass is 283 g/mol. The highest BCUT2D eigenvalue weighted by Crippen LogP contribution is 2.29. The lowest BCUT2D eigenvalue weighted by Gasteiger charge is -1.96. The molecule has 0 aromatic carbocycles. The van der Waals surface area contributed by atoms with Crippen molar-refractivity contribution in [3.05, 3.63) is 29.1 Å². The van der Waals surface area contributed by atoms with Crippen LogP contribution in [0.4, 0.5) is 5.13 Å². The number of thiazole rings is 1. The fourth-order valence-corrected chi connectivity index (χ4v) is 2.42. The fourth-order valence-electron chi connectivity index (χ4n) is 1.19. The smallest absolute Gasteiger partial charge is 0.183 e. The van der Waals surface area contributed by atoms with Crippen LogP contribution in [0.2, 0.25) is 0 Å². The number of nitrogens with zero attached hydrogens (tertiary/aromatic N) is 2. The van der Waals surface area contributed by atoms with Crippen LogP contribution in [0.3, 0.4) is 0 Å². The molecule has 2 heterocycles. The third kappa shape index (κ3) is 2.54. The first-order valence-corrected chi connectivity index (χ1v) is 6.21. The molecule has 15 heavy (non-hydrogen) atoms. The van der Waals surface area contributed by atoms with Crippen LogP contribution >= 0.6 is 27.3 Å². The lowest BCUT2D eigenvalue weighted by atomic mass is 10.3. The SMILES string of the molecule is CCNc1ncc(-c2cncc(Br)c2)s1. The molecule has 0 aliphatic carbocycles. The first-order valence-electron chi connectivity index (χ1n) is 4.60. The Bertz CT molecular complexity index is 455. The van der Waals surface area contributed by atoms with Crippen molar-refractivity contribution < 1.29 is 0 Å². The third-order valence-corrected chi connectivity index (χ3v) is 3.26. The lowest BCUT2D eigenvalue weighted by Crippen LogP contribution is -1.94. The molecule has 5 heteroatoms. The number of hydrogen-bond donors (Lipinski definition) is 1. The highest BCUT2D eigenvalue weighted by atomic mass is 79.9. The zero-order valence-electron chi connectivity index (χ0n) is 8.20. The molecular weight excluding hydrogens is 274 g/mol. The standard InChI is InChI=1S/C10H10BrN3S/c1-2-13-10-14-6-9(15-10)7-3-8(11)5-12-4-7/h3-6H,2H2,1H3,(H,13,14). The van der Waals surface area contributed by atoms with Crippen molar-refractivity contribution in [3.63, 3.8) is 0 Å². The molecule has 1 N–H and O–H groups in total. The molecule has 0 spiro atoms. The second kappa shape index (κ2) is 4.72. The maximum absolute atomic E-state index is 4.28. The summed E-state index contributed by atoms with van der Waals surface area (Å²) in [5.41, 5.74) is 1.09. The molecule has 0 fully saturated rings. The van der Waals surface area contributed by atoms with Gasteiger partial charge in [-0.2, -0.15) is 0 Å². The van der Waals surface area contributed by atoms with Crippen molar-refractivity contribution in [2.75, 3.05) is 11.9 Å². The van der Waals surface area contributed by atoms with Crippen LogP contribution in [0, 0.1) is 0 Å². The van der Waals surface area contributed by atoms with Gasteiger partial charge in [0.2, 0.25) is 0 Å². The molecule has 0 radical (unpaired) electrons. The summed E-state index contributed by atoms with van der Waals surface area (Å²) in [4.78, 5) is 9.53. The number of hydrogen-bond acceptors (Lipinski definition) is 4. The summed E-state index contributed by atoms with van der Waals surface area (Å²) in [6, 6.07) is 2.04. The van der Waals surface area contributed by atoms with E-state index in [2.05, 4.69) is 38.1 Å². The summed E-state index contributed by atoms with van der Waals surface area (Å²) < 4.78 is 0.985. The Labute approximate surface area is 101 Å². The van der Waals surface area contributed by atoms with Gasteiger partial charge in [-0.25, -0.2) is 4.98 Å². The molecule has 0 atom stereocenters. The van der Waals surface area contributed by atoms with E-state index in [1.165, 1.54) is 0 Å². The van der Waals surface area contributed by atoms with Crippen LogP contribution in [-0.4, -0.2) is 16.5 Å². The van der Waals surface area contributed by atoms with Crippen molar-refractivity contribution in [2.45, 2.75) is 6.92 Å². The summed E-state index contributed by atoms with van der Waals surface area (Å²) in [7, 11) is 0. The Hall–Kier alpha value is -0.940. The lowest BCUT2D eigenvalue weighted by molar-refractivity contribution is 1.19. The Morgan fingerprint density at radius 1 is 1.40 bits per heavy atom. The maximum atomic E-state index is 4.28. The number of nitrogens with one attached hydrogen (secondary N) is 1. The molecule has 78 valence electrons. The van der Waals surface area contributed by atoms with Gasteiger partial charge in [-0.1, -0.05) is 11.3 Å². The van der Waals surface area contributed by atoms with Gasteiger partial charge in [0.1, 0.15) is 0 Å². The zero-order valence-corrected chi connectivity index (χ0v) is 10.6. The van der Waals surface area contributed by atoms with E-state index >= 15 is 0 Å². The van der Waals surface area contributed by atoms with Gasteiger partial charge in [0.25, 0.3) is 0 Å². The van der Waals surface area contributed by atoms with E-state index in [1.807, 2.05) is 18.5 Å². The normalized spacial score (nSPS) is 10.3. The van der Waals surface area contributed by atoms with Crippen LogP contribution < -0.4 is 5.32 Å². The van der Waals surface area contributed by atoms with Crippen LogP contribution in [0.1, 0.15) is 6.92 Å². The van der Waals surface area contributed by atoms with Crippen molar-refractivity contribution >= 4 is 32.4 Å². The minimum Gasteiger partial charge on any atom is -0.362 e. The summed E-state index contributed by atoms with van der Waals surface area (Å²) in [6.07, 6.45) is 5.48. The Kier molecular flexibility index (Phi) is 3.33. The first kappa shape index (κ1) is 10.6. The van der Waals surface area contributed by atoms with E-state index in [9.17, 15) is 0 Å². The van der Waals surface area contributed by atoms with E-state index < -0.39 is 0 Å². The minimum absolute atomic E-state index is 0.893. The molecular formula is C10H10BrN3S. The quantitative estimate of drug-likeness (QED) is 0.938. The summed E-state index contributed by atoms with van der Waals surface area (Å²) in [5.74, 6) is 0. The average Bonchev–Trinajstić information content (AvgIpc) is 2.67. The fraction of sp³-hybridized carbons (Fsp3) is 0.200. The molecule has 3 nitrogen and oxygen atoms in total. The van der Waals surface area contributed by atoms with Crippen LogP contribution in [0.25, 0.3) is 10.4 Å². The summed E-state index contributed by atoms with van der Waals surface area (Å²) in [5, 5.41) is 4.14. The van der Waals surface area contributed by atoms with E-state index in [0.29, 0.717) is 0 Å². The predicted molar refractivity (Wildman–Crippen MR) is 67.2 cm³/mol. The maximum Gasteiger partial charge on any atom is 0.183 e. The molecule has 2 aromatic heterocycles. The molecule has 2 rings (SSSR count). The van der Waals surface area contributed by atoms with Crippen molar-refractivity contribution in [1.29, 1.82) is 0 Å². The Morgan fingerprint density at radius 3 is 3.00 bits per heavy atom. The Morgan fingerprint density at radius 2 is 2.27 bits per heavy atom. The second-order valence-corrected chi connectivity index (χ2v) is 4.90. The van der Waals surface area contributed by atoms with E-state index in [0.717, 1.165) is 26.6 Å². The van der Waals surface area contributed by atoms with Gasteiger partial charge in [0, 0.05) is 35.2 Å². The van der Waals surface area contributed by atoms with Gasteiger partial charge in [0.05, 0.1) is 4.88 Å². The van der Waals surface area contributed by atoms with Gasteiger partial charge in [-0.15, -0.1) is 0 Å². The second-order valence-electron chi connectivity index (χ2n) is 2.95. The van der Waals surface area contributed by atoms with E-state index in [1.54, 1.807) is 17.5 Å². The van der Waals surface area contributed by atoms with Crippen LogP contribution in [0.5, 0.6) is 0 Å². The number of halogens is 1. The highest BCUT2D eigenvalue weighted by Gasteiger charge is 2.04. The number of aromatic nitrogens is 2. The average molecular weight is 284 g/mol. The van der Waals surface area contributed by atoms with Gasteiger partial charge in [-0.3, -0.25) is 4.98 Å². The molecule has 0 bridgehead atoms. The van der Waals surface area contributed by atoms with Gasteiger partial charge >= 0.3 is 0 Å². The molecule has 0 saturated heterocycles. The Balaban J connectivity index is 2.29. The van der Waals surface area contributed by atoms with Crippen molar-refractivity contribution in [2.24, 2.45) is 0 Å². The number of pyridine rings is 1. The number of anilines is 1. The topological polar surface area (TPSA) is 37.8 Å². The molecule has 0 saturated carbocycles. The molecule has 0 aliphatic heterocycles. The first-order chi connectivity index (χ1) is 7.29. The van der Waals surface area contributed by atoms with Crippen molar-refractivity contribution in [1.82, 2.24) is 9.97 Å². The van der Waals surface area contributed by atoms with Gasteiger partial charge in [0.15, 0.2) is 5.13 Å². The molecule has 0 unspecified atom stereocenters. The van der Waals surface area contributed by atoms with Gasteiger partial charge < -0.3 is 5.32 Å². The van der Waals surface area contributed by atoms with Crippen LogP contribution in [-0.2, 0) is 0 Å². The predicted octanol–water partition coefficient (Wildman–Crippen LogP) is 3.40. The van der Waals surface area contributed by atoms with Crippen LogP contribution in [0.15, 0.2) is 29.1 Å². The minimum atomic E-state index is 0.893. The summed E-state index contributed by atoms with van der Waals surface area (Å²) in [6.45, 7) is 2.95. The zero-order chi connectivity index (χ0) is 10.7. The number of rotatable bonds is 3. The highest BCUT2D eigenvalue weighted by molar-refractivity contribution is 9.10. The van der Waals surface area contributed by atoms with E-state index in [4.69, 9.17) is 0 Å². The third-order valence-electron chi connectivity index (χ3n) is 1.82. The van der Waals surface area contributed by atoms with E-state index in [-0.39, 0.29) is 0 Å². The molecule has 0 amide bonds. The molecule has 2 aromatic rings. The van der Waals surface area contributed by atoms with Crippen molar-refractivity contribution in [3.8, 4) is 10.4 Å².